The highest BCUT2D eigenvalue weighted by atomic mass is 35.5. The van der Waals surface area contributed by atoms with E-state index in [-0.39, 0.29) is 24.8 Å². The maximum Gasteiger partial charge on any atom is 0.325 e. The van der Waals surface area contributed by atoms with Crippen molar-refractivity contribution in [2.24, 2.45) is 0 Å². The monoisotopic (exact) mass is 365 g/mol. The summed E-state index contributed by atoms with van der Waals surface area (Å²) in [5.41, 5.74) is 2.54. The highest BCUT2D eigenvalue weighted by Crippen LogP contribution is 2.21. The molecular formula is C17H16ClNO4S. The van der Waals surface area contributed by atoms with E-state index < -0.39 is 5.97 Å². The zero-order valence-electron chi connectivity index (χ0n) is 13.2. The Kier molecular flexibility index (Phi) is 6.11. The Morgan fingerprint density at radius 2 is 1.88 bits per heavy atom. The van der Waals surface area contributed by atoms with Gasteiger partial charge in [-0.3, -0.25) is 14.4 Å². The Labute approximate surface area is 148 Å². The van der Waals surface area contributed by atoms with Gasteiger partial charge in [0.05, 0.1) is 9.21 Å². The van der Waals surface area contributed by atoms with Crippen molar-refractivity contribution in [3.05, 3.63) is 56.2 Å². The minimum absolute atomic E-state index is 0.301. The number of esters is 1. The molecule has 0 saturated carbocycles. The van der Waals surface area contributed by atoms with Crippen LogP contribution in [-0.2, 0) is 9.53 Å². The molecule has 0 spiro atoms. The molecule has 0 fully saturated rings. The van der Waals surface area contributed by atoms with Crippen LogP contribution in [0.25, 0.3) is 0 Å². The van der Waals surface area contributed by atoms with Crippen molar-refractivity contribution in [2.75, 3.05) is 13.2 Å². The van der Waals surface area contributed by atoms with Gasteiger partial charge in [-0.05, 0) is 49.2 Å². The molecule has 126 valence electrons. The molecule has 0 aliphatic rings. The van der Waals surface area contributed by atoms with Crippen molar-refractivity contribution >= 4 is 40.6 Å². The van der Waals surface area contributed by atoms with Crippen LogP contribution in [0.1, 0.15) is 31.2 Å². The number of thiophene rings is 1. The lowest BCUT2D eigenvalue weighted by atomic mass is 10.1. The second-order valence-corrected chi connectivity index (χ2v) is 6.88. The number of carbonyl (C=O) groups is 3. The van der Waals surface area contributed by atoms with Crippen LogP contribution in [0.3, 0.4) is 0 Å². The number of hydrogen-bond acceptors (Lipinski definition) is 5. The minimum atomic E-state index is -0.678. The van der Waals surface area contributed by atoms with Crippen molar-refractivity contribution in [3.8, 4) is 0 Å². The van der Waals surface area contributed by atoms with E-state index in [4.69, 9.17) is 16.3 Å². The van der Waals surface area contributed by atoms with E-state index in [1.165, 1.54) is 0 Å². The number of benzene rings is 1. The average Bonchev–Trinajstić information content (AvgIpc) is 2.99. The van der Waals surface area contributed by atoms with Gasteiger partial charge in [-0.1, -0.05) is 17.7 Å². The normalized spacial score (nSPS) is 10.3. The van der Waals surface area contributed by atoms with Gasteiger partial charge in [-0.25, -0.2) is 0 Å². The predicted octanol–water partition coefficient (Wildman–Crippen LogP) is 3.17. The summed E-state index contributed by atoms with van der Waals surface area (Å²) in [6, 6.07) is 8.45. The van der Waals surface area contributed by atoms with E-state index in [1.807, 2.05) is 19.9 Å². The third-order valence-electron chi connectivity index (χ3n) is 3.37. The molecule has 5 nitrogen and oxygen atoms in total. The van der Waals surface area contributed by atoms with Gasteiger partial charge in [0.25, 0.3) is 5.91 Å². The fourth-order valence-electron chi connectivity index (χ4n) is 1.87. The van der Waals surface area contributed by atoms with Gasteiger partial charge in [0.1, 0.15) is 6.54 Å². The van der Waals surface area contributed by atoms with E-state index in [9.17, 15) is 14.4 Å². The Hall–Kier alpha value is -2.18. The fraction of sp³-hybridized carbons (Fsp3) is 0.235. The molecule has 1 amide bonds. The Morgan fingerprint density at radius 1 is 1.12 bits per heavy atom. The van der Waals surface area contributed by atoms with Gasteiger partial charge in [0.2, 0.25) is 5.78 Å². The molecule has 24 heavy (non-hydrogen) atoms. The van der Waals surface area contributed by atoms with Crippen molar-refractivity contribution in [2.45, 2.75) is 13.8 Å². The van der Waals surface area contributed by atoms with Gasteiger partial charge in [-0.15, -0.1) is 11.3 Å². The number of nitrogens with one attached hydrogen (secondary N) is 1. The Bertz CT molecular complexity index is 785. The van der Waals surface area contributed by atoms with Crippen LogP contribution >= 0.6 is 22.9 Å². The third-order valence-corrected chi connectivity index (χ3v) is 4.65. The number of aryl methyl sites for hydroxylation is 2. The van der Waals surface area contributed by atoms with Crippen LogP contribution in [0, 0.1) is 13.8 Å². The molecule has 0 bridgehead atoms. The van der Waals surface area contributed by atoms with Gasteiger partial charge in [0.15, 0.2) is 6.61 Å². The fourth-order valence-corrected chi connectivity index (χ4v) is 2.84. The first-order chi connectivity index (χ1) is 11.4. The predicted molar refractivity (Wildman–Crippen MR) is 92.9 cm³/mol. The number of amides is 1. The molecule has 0 atom stereocenters. The zero-order chi connectivity index (χ0) is 17.7. The van der Waals surface area contributed by atoms with Gasteiger partial charge in [0, 0.05) is 5.56 Å². The van der Waals surface area contributed by atoms with Crippen LogP contribution in [0.15, 0.2) is 30.3 Å². The molecule has 1 aromatic carbocycles. The summed E-state index contributed by atoms with van der Waals surface area (Å²) in [5.74, 6) is -1.38. The maximum absolute atomic E-state index is 12.0. The summed E-state index contributed by atoms with van der Waals surface area (Å²) in [4.78, 5) is 35.8. The molecule has 1 N–H and O–H groups in total. The van der Waals surface area contributed by atoms with Crippen LogP contribution in [0.4, 0.5) is 0 Å². The quantitative estimate of drug-likeness (QED) is 0.630. The average molecular weight is 366 g/mol. The summed E-state index contributed by atoms with van der Waals surface area (Å²) in [7, 11) is 0. The van der Waals surface area contributed by atoms with E-state index >= 15 is 0 Å². The molecule has 7 heteroatoms. The molecule has 0 radical (unpaired) electrons. The van der Waals surface area contributed by atoms with Crippen molar-refractivity contribution in [1.82, 2.24) is 5.32 Å². The molecule has 2 rings (SSSR count). The number of halogens is 1. The van der Waals surface area contributed by atoms with Gasteiger partial charge in [-0.2, -0.15) is 0 Å². The first-order valence-electron chi connectivity index (χ1n) is 7.16. The number of ketones is 1. The maximum atomic E-state index is 12.0. The molecule has 1 heterocycles. The lowest BCUT2D eigenvalue weighted by Crippen LogP contribution is -2.31. The highest BCUT2D eigenvalue weighted by molar-refractivity contribution is 7.18. The van der Waals surface area contributed by atoms with E-state index in [2.05, 4.69) is 5.32 Å². The number of Topliss-reactive ketones (excluding diaryl/α,β-unsaturated/α-hetero) is 1. The standard InChI is InChI=1S/C17H16ClNO4S/c1-10-3-4-12(7-11(10)2)17(22)19-8-16(21)23-9-13(20)14-5-6-15(18)24-14/h3-7H,8-9H2,1-2H3,(H,19,22). The number of carbonyl (C=O) groups excluding carboxylic acids is 3. The Morgan fingerprint density at radius 3 is 2.50 bits per heavy atom. The summed E-state index contributed by atoms with van der Waals surface area (Å²) in [6.45, 7) is 3.18. The van der Waals surface area contributed by atoms with Crippen molar-refractivity contribution in [1.29, 1.82) is 0 Å². The molecule has 0 saturated heterocycles. The SMILES string of the molecule is Cc1ccc(C(=O)NCC(=O)OCC(=O)c2ccc(Cl)s2)cc1C. The first-order valence-corrected chi connectivity index (χ1v) is 8.36. The summed E-state index contributed by atoms with van der Waals surface area (Å²) >= 11 is 6.86. The molecular weight excluding hydrogens is 350 g/mol. The summed E-state index contributed by atoms with van der Waals surface area (Å²) < 4.78 is 5.35. The smallest absolute Gasteiger partial charge is 0.325 e. The lowest BCUT2D eigenvalue weighted by molar-refractivity contribution is -0.141. The zero-order valence-corrected chi connectivity index (χ0v) is 14.8. The molecule has 1 aromatic heterocycles. The van der Waals surface area contributed by atoms with Crippen LogP contribution < -0.4 is 5.32 Å². The summed E-state index contributed by atoms with van der Waals surface area (Å²) in [5, 5.41) is 2.47. The molecule has 0 aliphatic heterocycles. The van der Waals surface area contributed by atoms with Gasteiger partial charge >= 0.3 is 5.97 Å². The summed E-state index contributed by atoms with van der Waals surface area (Å²) in [6.07, 6.45) is 0. The van der Waals surface area contributed by atoms with E-state index in [1.54, 1.807) is 24.3 Å². The van der Waals surface area contributed by atoms with Gasteiger partial charge < -0.3 is 10.1 Å². The lowest BCUT2D eigenvalue weighted by Gasteiger charge is -2.07. The number of rotatable bonds is 6. The third kappa shape index (κ3) is 4.91. The van der Waals surface area contributed by atoms with E-state index in [0.29, 0.717) is 14.8 Å². The highest BCUT2D eigenvalue weighted by Gasteiger charge is 2.13. The molecule has 0 aliphatic carbocycles. The molecule has 0 unspecified atom stereocenters. The second-order valence-electron chi connectivity index (χ2n) is 5.17. The minimum Gasteiger partial charge on any atom is -0.456 e. The topological polar surface area (TPSA) is 72.5 Å². The largest absolute Gasteiger partial charge is 0.456 e. The second kappa shape index (κ2) is 8.08. The Balaban J connectivity index is 1.79. The van der Waals surface area contributed by atoms with Crippen LogP contribution in [-0.4, -0.2) is 30.8 Å². The van der Waals surface area contributed by atoms with Crippen molar-refractivity contribution in [3.63, 3.8) is 0 Å². The number of hydrogen-bond donors (Lipinski definition) is 1. The van der Waals surface area contributed by atoms with Crippen LogP contribution in [0.2, 0.25) is 4.34 Å². The first kappa shape index (κ1) is 18.2. The van der Waals surface area contributed by atoms with Crippen molar-refractivity contribution < 1.29 is 19.1 Å². The number of ether oxygens (including phenoxy) is 1. The van der Waals surface area contributed by atoms with Crippen LogP contribution in [0.5, 0.6) is 0 Å². The molecule has 2 aromatic rings. The van der Waals surface area contributed by atoms with E-state index in [0.717, 1.165) is 22.5 Å².